The molecule has 60 valence electrons. The normalized spacial score (nSPS) is 12.8. The van der Waals surface area contributed by atoms with Crippen LogP contribution in [-0.2, 0) is 4.79 Å². The third-order valence-electron chi connectivity index (χ3n) is 1.35. The number of H-pyrrole nitrogens is 1. The Balaban J connectivity index is 2.56. The van der Waals surface area contributed by atoms with Gasteiger partial charge < -0.3 is 15.2 Å². The molecule has 3 N–H and O–H groups in total. The van der Waals surface area contributed by atoms with E-state index in [0.29, 0.717) is 5.69 Å². The maximum atomic E-state index is 10.1. The zero-order chi connectivity index (χ0) is 8.27. The molecule has 0 fully saturated rings. The number of carboxylic acids is 1. The van der Waals surface area contributed by atoms with Crippen molar-refractivity contribution in [2.45, 2.75) is 12.5 Å². The second kappa shape index (κ2) is 3.21. The first kappa shape index (κ1) is 7.81. The van der Waals surface area contributed by atoms with E-state index < -0.39 is 12.1 Å². The molecule has 4 nitrogen and oxygen atoms in total. The van der Waals surface area contributed by atoms with E-state index in [1.165, 1.54) is 0 Å². The van der Waals surface area contributed by atoms with Gasteiger partial charge in [-0.25, -0.2) is 0 Å². The predicted molar refractivity (Wildman–Crippen MR) is 38.0 cm³/mol. The summed E-state index contributed by atoms with van der Waals surface area (Å²) in [4.78, 5) is 12.9. The van der Waals surface area contributed by atoms with Crippen LogP contribution in [0.25, 0.3) is 0 Å². The Labute approximate surface area is 63.5 Å². The van der Waals surface area contributed by atoms with Crippen molar-refractivity contribution in [3.8, 4) is 0 Å². The maximum Gasteiger partial charge on any atom is 0.306 e. The average Bonchev–Trinajstić information content (AvgIpc) is 2.35. The zero-order valence-corrected chi connectivity index (χ0v) is 5.82. The lowest BCUT2D eigenvalue weighted by molar-refractivity contribution is -0.139. The van der Waals surface area contributed by atoms with Crippen LogP contribution < -0.4 is 0 Å². The highest BCUT2D eigenvalue weighted by molar-refractivity contribution is 5.67. The molecule has 0 aliphatic heterocycles. The topological polar surface area (TPSA) is 73.3 Å². The monoisotopic (exact) mass is 155 g/mol. The third kappa shape index (κ3) is 2.09. The fourth-order valence-corrected chi connectivity index (χ4v) is 0.827. The minimum Gasteiger partial charge on any atom is -0.481 e. The molecule has 4 heteroatoms. The Bertz CT molecular complexity index is 230. The number of aliphatic carboxylic acids is 1. The van der Waals surface area contributed by atoms with Gasteiger partial charge in [-0.3, -0.25) is 4.79 Å². The quantitative estimate of drug-likeness (QED) is 0.595. The number of hydrogen-bond donors (Lipinski definition) is 3. The van der Waals surface area contributed by atoms with E-state index in [1.54, 1.807) is 18.3 Å². The summed E-state index contributed by atoms with van der Waals surface area (Å²) in [6.07, 6.45) is 0.448. The second-order valence-corrected chi connectivity index (χ2v) is 2.24. The van der Waals surface area contributed by atoms with Gasteiger partial charge in [0.25, 0.3) is 0 Å². The largest absolute Gasteiger partial charge is 0.481 e. The SMILES string of the molecule is O=C(O)C[C@@H](O)c1ccc[nH]1. The van der Waals surface area contributed by atoms with E-state index in [-0.39, 0.29) is 6.42 Å². The Morgan fingerprint density at radius 3 is 2.91 bits per heavy atom. The minimum atomic E-state index is -1.01. The van der Waals surface area contributed by atoms with Gasteiger partial charge in [0.05, 0.1) is 6.42 Å². The number of aliphatic hydroxyl groups is 1. The molecule has 1 rings (SSSR count). The van der Waals surface area contributed by atoms with Crippen molar-refractivity contribution >= 4 is 5.97 Å². The van der Waals surface area contributed by atoms with Crippen LogP contribution in [0.2, 0.25) is 0 Å². The van der Waals surface area contributed by atoms with Crippen LogP contribution in [0, 0.1) is 0 Å². The van der Waals surface area contributed by atoms with Gasteiger partial charge in [0, 0.05) is 11.9 Å². The fourth-order valence-electron chi connectivity index (χ4n) is 0.827. The van der Waals surface area contributed by atoms with E-state index in [2.05, 4.69) is 4.98 Å². The van der Waals surface area contributed by atoms with E-state index in [9.17, 15) is 4.79 Å². The first-order chi connectivity index (χ1) is 5.20. The lowest BCUT2D eigenvalue weighted by Crippen LogP contribution is -2.05. The summed E-state index contributed by atoms with van der Waals surface area (Å²) < 4.78 is 0. The number of carbonyl (C=O) groups is 1. The number of aromatic amines is 1. The number of nitrogens with one attached hydrogen (secondary N) is 1. The molecule has 1 atom stereocenters. The summed E-state index contributed by atoms with van der Waals surface area (Å²) in [7, 11) is 0. The third-order valence-corrected chi connectivity index (χ3v) is 1.35. The summed E-state index contributed by atoms with van der Waals surface area (Å²) in [5.74, 6) is -1.01. The molecule has 0 saturated carbocycles. The molecule has 0 unspecified atom stereocenters. The standard InChI is InChI=1S/C7H9NO3/c9-6(4-7(10)11)5-2-1-3-8-5/h1-3,6,8-9H,4H2,(H,10,11)/t6-/m1/s1. The zero-order valence-electron chi connectivity index (χ0n) is 5.82. The molecule has 0 spiro atoms. The first-order valence-corrected chi connectivity index (χ1v) is 3.23. The fraction of sp³-hybridized carbons (Fsp3) is 0.286. The number of rotatable bonds is 3. The van der Waals surface area contributed by atoms with Gasteiger partial charge in [-0.2, -0.15) is 0 Å². The van der Waals surface area contributed by atoms with Gasteiger partial charge in [-0.15, -0.1) is 0 Å². The van der Waals surface area contributed by atoms with Crippen molar-refractivity contribution < 1.29 is 15.0 Å². The Kier molecular flexibility index (Phi) is 2.28. The lowest BCUT2D eigenvalue weighted by atomic mass is 10.2. The van der Waals surface area contributed by atoms with Crippen LogP contribution in [0.1, 0.15) is 18.2 Å². The van der Waals surface area contributed by atoms with E-state index in [0.717, 1.165) is 0 Å². The second-order valence-electron chi connectivity index (χ2n) is 2.24. The highest BCUT2D eigenvalue weighted by Crippen LogP contribution is 2.12. The van der Waals surface area contributed by atoms with Crippen molar-refractivity contribution in [1.82, 2.24) is 4.98 Å². The van der Waals surface area contributed by atoms with Crippen LogP contribution in [0.3, 0.4) is 0 Å². The Hall–Kier alpha value is -1.29. The molecule has 1 aromatic rings. The minimum absolute atomic E-state index is 0.263. The molecule has 0 aliphatic carbocycles. The van der Waals surface area contributed by atoms with Crippen molar-refractivity contribution in [1.29, 1.82) is 0 Å². The molecular weight excluding hydrogens is 146 g/mol. The molecule has 1 aromatic heterocycles. The first-order valence-electron chi connectivity index (χ1n) is 3.23. The van der Waals surface area contributed by atoms with Crippen LogP contribution >= 0.6 is 0 Å². The Morgan fingerprint density at radius 1 is 1.73 bits per heavy atom. The van der Waals surface area contributed by atoms with Gasteiger partial charge in [0.1, 0.15) is 6.10 Å². The van der Waals surface area contributed by atoms with Gasteiger partial charge in [-0.05, 0) is 12.1 Å². The molecule has 0 aromatic carbocycles. The molecule has 11 heavy (non-hydrogen) atoms. The number of carboxylic acid groups (broad SMARTS) is 1. The molecule has 0 bridgehead atoms. The molecule has 1 heterocycles. The van der Waals surface area contributed by atoms with Crippen molar-refractivity contribution in [3.63, 3.8) is 0 Å². The summed E-state index contributed by atoms with van der Waals surface area (Å²) in [6.45, 7) is 0. The van der Waals surface area contributed by atoms with Crippen molar-refractivity contribution in [3.05, 3.63) is 24.0 Å². The highest BCUT2D eigenvalue weighted by Gasteiger charge is 2.11. The van der Waals surface area contributed by atoms with Crippen molar-refractivity contribution in [2.24, 2.45) is 0 Å². The molecule has 0 radical (unpaired) electrons. The molecule has 0 amide bonds. The smallest absolute Gasteiger partial charge is 0.306 e. The number of aromatic nitrogens is 1. The van der Waals surface area contributed by atoms with Gasteiger partial charge in [0.15, 0.2) is 0 Å². The van der Waals surface area contributed by atoms with Crippen LogP contribution in [0.5, 0.6) is 0 Å². The lowest BCUT2D eigenvalue weighted by Gasteiger charge is -2.03. The number of hydrogen-bond acceptors (Lipinski definition) is 2. The highest BCUT2D eigenvalue weighted by atomic mass is 16.4. The van der Waals surface area contributed by atoms with Gasteiger partial charge in [-0.1, -0.05) is 0 Å². The van der Waals surface area contributed by atoms with E-state index >= 15 is 0 Å². The summed E-state index contributed by atoms with van der Waals surface area (Å²) in [5.41, 5.74) is 0.535. The van der Waals surface area contributed by atoms with Crippen LogP contribution in [-0.4, -0.2) is 21.2 Å². The summed E-state index contributed by atoms with van der Waals surface area (Å²) in [5, 5.41) is 17.5. The van der Waals surface area contributed by atoms with E-state index in [1.807, 2.05) is 0 Å². The van der Waals surface area contributed by atoms with Crippen LogP contribution in [0.4, 0.5) is 0 Å². The maximum absolute atomic E-state index is 10.1. The van der Waals surface area contributed by atoms with Gasteiger partial charge in [0.2, 0.25) is 0 Å². The summed E-state index contributed by atoms with van der Waals surface area (Å²) >= 11 is 0. The molecule has 0 aliphatic rings. The average molecular weight is 155 g/mol. The molecular formula is C7H9NO3. The molecule has 0 saturated heterocycles. The van der Waals surface area contributed by atoms with E-state index in [4.69, 9.17) is 10.2 Å². The summed E-state index contributed by atoms with van der Waals surface area (Å²) in [6, 6.07) is 3.36. The Morgan fingerprint density at radius 2 is 2.45 bits per heavy atom. The predicted octanol–water partition coefficient (Wildman–Crippen LogP) is 0.523. The van der Waals surface area contributed by atoms with Crippen LogP contribution in [0.15, 0.2) is 18.3 Å². The van der Waals surface area contributed by atoms with Gasteiger partial charge >= 0.3 is 5.97 Å². The number of aliphatic hydroxyl groups excluding tert-OH is 1. The van der Waals surface area contributed by atoms with Crippen molar-refractivity contribution in [2.75, 3.05) is 0 Å².